The molecule has 4 rings (SSSR count). The highest BCUT2D eigenvalue weighted by atomic mass is 16.1. The Morgan fingerprint density at radius 2 is 1.83 bits per heavy atom. The van der Waals surface area contributed by atoms with E-state index in [1.54, 1.807) is 12.4 Å². The molecule has 0 unspecified atom stereocenters. The highest BCUT2D eigenvalue weighted by Crippen LogP contribution is 2.25. The van der Waals surface area contributed by atoms with Crippen LogP contribution in [0.25, 0.3) is 22.6 Å². The first-order valence-corrected chi connectivity index (χ1v) is 10.2. The molecular weight excluding hydrogens is 374 g/mol. The van der Waals surface area contributed by atoms with Crippen molar-refractivity contribution in [2.75, 3.05) is 0 Å². The minimum absolute atomic E-state index is 0.139. The SMILES string of the molecule is CC(C)Cn1c(-c2cccc(C(=O)N[C@@H](C)c3ccccn3)c2)nc2cccnc21. The van der Waals surface area contributed by atoms with Gasteiger partial charge < -0.3 is 9.88 Å². The van der Waals surface area contributed by atoms with Gasteiger partial charge in [-0.1, -0.05) is 32.0 Å². The summed E-state index contributed by atoms with van der Waals surface area (Å²) in [5.41, 5.74) is 4.02. The topological polar surface area (TPSA) is 72.7 Å². The number of hydrogen-bond donors (Lipinski definition) is 1. The predicted molar refractivity (Wildman–Crippen MR) is 118 cm³/mol. The third-order valence-electron chi connectivity index (χ3n) is 4.91. The summed E-state index contributed by atoms with van der Waals surface area (Å²) in [5.74, 6) is 1.12. The highest BCUT2D eigenvalue weighted by molar-refractivity contribution is 5.95. The molecule has 152 valence electrons. The van der Waals surface area contributed by atoms with E-state index in [2.05, 4.69) is 33.7 Å². The molecule has 0 radical (unpaired) electrons. The smallest absolute Gasteiger partial charge is 0.251 e. The largest absolute Gasteiger partial charge is 0.344 e. The minimum Gasteiger partial charge on any atom is -0.344 e. The Bertz CT molecular complexity index is 1170. The number of pyridine rings is 2. The number of rotatable bonds is 6. The number of carbonyl (C=O) groups is 1. The molecule has 0 aliphatic carbocycles. The molecule has 30 heavy (non-hydrogen) atoms. The summed E-state index contributed by atoms with van der Waals surface area (Å²) in [6.45, 7) is 7.07. The van der Waals surface area contributed by atoms with E-state index in [0.717, 1.165) is 34.8 Å². The lowest BCUT2D eigenvalue weighted by molar-refractivity contribution is 0.0939. The molecule has 0 aliphatic rings. The molecule has 0 saturated heterocycles. The van der Waals surface area contributed by atoms with E-state index in [1.807, 2.05) is 61.5 Å². The van der Waals surface area contributed by atoms with Crippen molar-refractivity contribution in [3.05, 3.63) is 78.2 Å². The monoisotopic (exact) mass is 399 g/mol. The Morgan fingerprint density at radius 1 is 1.00 bits per heavy atom. The van der Waals surface area contributed by atoms with Crippen molar-refractivity contribution in [1.82, 2.24) is 24.8 Å². The average molecular weight is 399 g/mol. The van der Waals surface area contributed by atoms with Gasteiger partial charge in [0.25, 0.3) is 5.91 Å². The molecule has 1 aromatic carbocycles. The molecule has 1 atom stereocenters. The van der Waals surface area contributed by atoms with Crippen LogP contribution in [0, 0.1) is 5.92 Å². The van der Waals surface area contributed by atoms with Gasteiger partial charge in [0.15, 0.2) is 5.65 Å². The zero-order valence-electron chi connectivity index (χ0n) is 17.4. The fourth-order valence-corrected chi connectivity index (χ4v) is 3.50. The molecule has 4 aromatic rings. The van der Waals surface area contributed by atoms with Crippen molar-refractivity contribution in [1.29, 1.82) is 0 Å². The van der Waals surface area contributed by atoms with Crippen molar-refractivity contribution in [2.45, 2.75) is 33.4 Å². The molecule has 0 saturated carbocycles. The van der Waals surface area contributed by atoms with Crippen LogP contribution in [-0.4, -0.2) is 25.4 Å². The predicted octanol–water partition coefficient (Wildman–Crippen LogP) is 4.64. The maximum absolute atomic E-state index is 12.9. The first kappa shape index (κ1) is 19.8. The van der Waals surface area contributed by atoms with E-state index in [1.165, 1.54) is 0 Å². The lowest BCUT2D eigenvalue weighted by atomic mass is 10.1. The van der Waals surface area contributed by atoms with E-state index in [-0.39, 0.29) is 11.9 Å². The number of hydrogen-bond acceptors (Lipinski definition) is 4. The Hall–Kier alpha value is -3.54. The van der Waals surface area contributed by atoms with Crippen molar-refractivity contribution < 1.29 is 4.79 Å². The number of benzene rings is 1. The lowest BCUT2D eigenvalue weighted by Gasteiger charge is -2.14. The number of imidazole rings is 1. The van der Waals surface area contributed by atoms with Crippen LogP contribution in [0.2, 0.25) is 0 Å². The van der Waals surface area contributed by atoms with Gasteiger partial charge >= 0.3 is 0 Å². The lowest BCUT2D eigenvalue weighted by Crippen LogP contribution is -2.27. The molecule has 0 fully saturated rings. The zero-order chi connectivity index (χ0) is 21.1. The normalized spacial score (nSPS) is 12.3. The third kappa shape index (κ3) is 4.08. The van der Waals surface area contributed by atoms with Gasteiger partial charge in [-0.15, -0.1) is 0 Å². The van der Waals surface area contributed by atoms with E-state index >= 15 is 0 Å². The van der Waals surface area contributed by atoms with Crippen LogP contribution in [0.4, 0.5) is 0 Å². The molecule has 6 heteroatoms. The van der Waals surface area contributed by atoms with Gasteiger partial charge in [-0.3, -0.25) is 9.78 Å². The second kappa shape index (κ2) is 8.45. The zero-order valence-corrected chi connectivity index (χ0v) is 17.4. The van der Waals surface area contributed by atoms with Crippen LogP contribution in [-0.2, 0) is 6.54 Å². The number of fused-ring (bicyclic) bond motifs is 1. The number of nitrogens with one attached hydrogen (secondary N) is 1. The van der Waals surface area contributed by atoms with E-state index in [9.17, 15) is 4.79 Å². The second-order valence-electron chi connectivity index (χ2n) is 7.82. The summed E-state index contributed by atoms with van der Waals surface area (Å²) < 4.78 is 2.13. The van der Waals surface area contributed by atoms with Crippen molar-refractivity contribution in [3.8, 4) is 11.4 Å². The second-order valence-corrected chi connectivity index (χ2v) is 7.82. The molecule has 0 spiro atoms. The van der Waals surface area contributed by atoms with Gasteiger partial charge in [0, 0.05) is 30.1 Å². The van der Waals surface area contributed by atoms with Gasteiger partial charge in [-0.05, 0) is 49.2 Å². The summed E-state index contributed by atoms with van der Waals surface area (Å²) in [7, 11) is 0. The summed E-state index contributed by atoms with van der Waals surface area (Å²) in [6, 6.07) is 16.9. The van der Waals surface area contributed by atoms with Crippen LogP contribution in [0.15, 0.2) is 67.0 Å². The Kier molecular flexibility index (Phi) is 5.57. The molecule has 3 heterocycles. The minimum atomic E-state index is -0.183. The fourth-order valence-electron chi connectivity index (χ4n) is 3.50. The molecular formula is C24H25N5O. The first-order chi connectivity index (χ1) is 14.5. The average Bonchev–Trinajstić information content (AvgIpc) is 3.12. The molecule has 0 aliphatic heterocycles. The Morgan fingerprint density at radius 3 is 2.60 bits per heavy atom. The standard InChI is InChI=1S/C24H25N5O/c1-16(2)15-29-22(28-21-11-7-13-26-23(21)29)18-8-6-9-19(14-18)24(30)27-17(3)20-10-4-5-12-25-20/h4-14,16-17H,15H2,1-3H3,(H,27,30)/t17-/m0/s1. The molecule has 1 N–H and O–H groups in total. The van der Waals surface area contributed by atoms with E-state index < -0.39 is 0 Å². The van der Waals surface area contributed by atoms with Crippen LogP contribution in [0.1, 0.15) is 42.9 Å². The summed E-state index contributed by atoms with van der Waals surface area (Å²) in [5, 5.41) is 3.02. The number of amides is 1. The Labute approximate surface area is 176 Å². The van der Waals surface area contributed by atoms with Crippen LogP contribution in [0.5, 0.6) is 0 Å². The summed E-state index contributed by atoms with van der Waals surface area (Å²) >= 11 is 0. The maximum atomic E-state index is 12.9. The first-order valence-electron chi connectivity index (χ1n) is 10.2. The number of nitrogens with zero attached hydrogens (tertiary/aromatic N) is 4. The molecule has 6 nitrogen and oxygen atoms in total. The Balaban J connectivity index is 1.66. The fraction of sp³-hybridized carbons (Fsp3) is 0.250. The van der Waals surface area contributed by atoms with Gasteiger partial charge in [0.05, 0.1) is 11.7 Å². The number of aromatic nitrogens is 4. The van der Waals surface area contributed by atoms with Gasteiger partial charge in [0.1, 0.15) is 11.3 Å². The molecule has 0 bridgehead atoms. The maximum Gasteiger partial charge on any atom is 0.251 e. The van der Waals surface area contributed by atoms with Crippen LogP contribution >= 0.6 is 0 Å². The summed E-state index contributed by atoms with van der Waals surface area (Å²) in [4.78, 5) is 26.5. The van der Waals surface area contributed by atoms with Gasteiger partial charge in [-0.25, -0.2) is 9.97 Å². The van der Waals surface area contributed by atoms with Gasteiger partial charge in [-0.2, -0.15) is 0 Å². The van der Waals surface area contributed by atoms with Crippen molar-refractivity contribution in [2.24, 2.45) is 5.92 Å². The highest BCUT2D eigenvalue weighted by Gasteiger charge is 2.17. The van der Waals surface area contributed by atoms with Crippen molar-refractivity contribution in [3.63, 3.8) is 0 Å². The number of carbonyl (C=O) groups excluding carboxylic acids is 1. The molecule has 3 aromatic heterocycles. The van der Waals surface area contributed by atoms with Crippen LogP contribution in [0.3, 0.4) is 0 Å². The summed E-state index contributed by atoms with van der Waals surface area (Å²) in [6.07, 6.45) is 3.51. The molecule has 1 amide bonds. The van der Waals surface area contributed by atoms with Crippen molar-refractivity contribution >= 4 is 17.1 Å². The third-order valence-corrected chi connectivity index (χ3v) is 4.91. The van der Waals surface area contributed by atoms with E-state index in [4.69, 9.17) is 4.98 Å². The quantitative estimate of drug-likeness (QED) is 0.513. The van der Waals surface area contributed by atoms with Crippen LogP contribution < -0.4 is 5.32 Å². The van der Waals surface area contributed by atoms with Gasteiger partial charge in [0.2, 0.25) is 0 Å². The van der Waals surface area contributed by atoms with E-state index in [0.29, 0.717) is 11.5 Å².